The van der Waals surface area contributed by atoms with Crippen LogP contribution in [-0.4, -0.2) is 22.7 Å². The van der Waals surface area contributed by atoms with Crippen LogP contribution < -0.4 is 4.74 Å². The summed E-state index contributed by atoms with van der Waals surface area (Å²) in [5, 5.41) is 9.21. The van der Waals surface area contributed by atoms with Crippen LogP contribution >= 0.6 is 0 Å². The van der Waals surface area contributed by atoms with Gasteiger partial charge in [-0.1, -0.05) is 36.4 Å². The fourth-order valence-electron chi connectivity index (χ4n) is 1.82. The number of halogens is 3. The summed E-state index contributed by atoms with van der Waals surface area (Å²) in [4.78, 5) is 14.6. The minimum absolute atomic E-state index is 0.267. The average molecular weight is 311 g/mol. The number of carbonyl (C=O) groups is 1. The van der Waals surface area contributed by atoms with Crippen molar-refractivity contribution >= 4 is 5.97 Å². The van der Waals surface area contributed by atoms with Crippen molar-refractivity contribution in [1.29, 1.82) is 0 Å². The van der Waals surface area contributed by atoms with E-state index in [1.54, 1.807) is 30.3 Å². The molecule has 1 aromatic heterocycles. The third-order valence-electron chi connectivity index (χ3n) is 2.91. The number of nitrogens with zero attached hydrogens (tertiary/aromatic N) is 1. The number of benzene rings is 1. The molecule has 116 valence electrons. The average Bonchev–Trinajstić information content (AvgIpc) is 2.48. The van der Waals surface area contributed by atoms with Crippen LogP contribution in [0.4, 0.5) is 13.2 Å². The third-order valence-corrected chi connectivity index (χ3v) is 2.91. The van der Waals surface area contributed by atoms with Crippen molar-refractivity contribution in [3.05, 3.63) is 59.8 Å². The molecule has 2 aromatic rings. The van der Waals surface area contributed by atoms with Crippen LogP contribution in [0.2, 0.25) is 0 Å². The third kappa shape index (κ3) is 3.97. The summed E-state index contributed by atoms with van der Waals surface area (Å²) < 4.78 is 42.8. The number of ether oxygens (including phenoxy) is 1. The highest BCUT2D eigenvalue weighted by Gasteiger charge is 2.32. The van der Waals surface area contributed by atoms with Gasteiger partial charge < -0.3 is 9.84 Å². The summed E-state index contributed by atoms with van der Waals surface area (Å²) in [6.07, 6.45) is -4.58. The lowest BCUT2D eigenvalue weighted by molar-refractivity contribution is -0.142. The van der Waals surface area contributed by atoms with Crippen molar-refractivity contribution in [2.45, 2.75) is 12.1 Å². The molecule has 22 heavy (non-hydrogen) atoms. The Morgan fingerprint density at radius 1 is 1.14 bits per heavy atom. The quantitative estimate of drug-likeness (QED) is 0.920. The van der Waals surface area contributed by atoms with E-state index in [1.807, 2.05) is 0 Å². The van der Waals surface area contributed by atoms with Gasteiger partial charge >= 0.3 is 12.1 Å². The number of alkyl halides is 3. The van der Waals surface area contributed by atoms with Crippen molar-refractivity contribution in [2.75, 3.05) is 6.61 Å². The molecule has 0 saturated heterocycles. The summed E-state index contributed by atoms with van der Waals surface area (Å²) in [7, 11) is 0. The number of hydrogen-bond acceptors (Lipinski definition) is 3. The Bertz CT molecular complexity index is 644. The standard InChI is InChI=1S/C15H12F3NO3/c16-15(17,18)12-7-4-8-13(19-12)22-9-11(14(20)21)10-5-2-1-3-6-10/h1-8,11H,9H2,(H,20,21). The maximum absolute atomic E-state index is 12.5. The fourth-order valence-corrected chi connectivity index (χ4v) is 1.82. The molecule has 0 aliphatic carbocycles. The van der Waals surface area contributed by atoms with E-state index in [9.17, 15) is 23.1 Å². The molecule has 0 spiro atoms. The molecule has 1 heterocycles. The highest BCUT2D eigenvalue weighted by atomic mass is 19.4. The summed E-state index contributed by atoms with van der Waals surface area (Å²) in [6.45, 7) is -0.312. The van der Waals surface area contributed by atoms with Crippen molar-refractivity contribution in [2.24, 2.45) is 0 Å². The second kappa shape index (κ2) is 6.46. The van der Waals surface area contributed by atoms with E-state index in [2.05, 4.69) is 4.98 Å². The lowest BCUT2D eigenvalue weighted by Gasteiger charge is -2.14. The second-order valence-electron chi connectivity index (χ2n) is 4.47. The highest BCUT2D eigenvalue weighted by molar-refractivity contribution is 5.76. The van der Waals surface area contributed by atoms with Crippen LogP contribution in [0.3, 0.4) is 0 Å². The number of carboxylic acid groups (broad SMARTS) is 1. The first-order chi connectivity index (χ1) is 10.4. The van der Waals surface area contributed by atoms with Gasteiger partial charge in [0.1, 0.15) is 18.2 Å². The molecule has 1 atom stereocenters. The predicted molar refractivity (Wildman–Crippen MR) is 71.6 cm³/mol. The summed E-state index contributed by atoms with van der Waals surface area (Å²) in [6, 6.07) is 11.5. The lowest BCUT2D eigenvalue weighted by atomic mass is 10.0. The molecule has 0 aliphatic heterocycles. The molecule has 0 aliphatic rings. The van der Waals surface area contributed by atoms with Crippen LogP contribution in [0.1, 0.15) is 17.2 Å². The van der Waals surface area contributed by atoms with Crippen LogP contribution in [0.5, 0.6) is 5.88 Å². The maximum Gasteiger partial charge on any atom is 0.433 e. The van der Waals surface area contributed by atoms with E-state index < -0.39 is 23.8 Å². The molecule has 1 N–H and O–H groups in total. The van der Waals surface area contributed by atoms with Crippen LogP contribution in [0.15, 0.2) is 48.5 Å². The summed E-state index contributed by atoms with van der Waals surface area (Å²) in [5.74, 6) is -2.38. The van der Waals surface area contributed by atoms with Crippen molar-refractivity contribution < 1.29 is 27.8 Å². The minimum Gasteiger partial charge on any atom is -0.481 e. The first-order valence-electron chi connectivity index (χ1n) is 6.32. The first-order valence-corrected chi connectivity index (χ1v) is 6.32. The van der Waals surface area contributed by atoms with E-state index in [0.29, 0.717) is 5.56 Å². The normalized spacial score (nSPS) is 12.7. The van der Waals surface area contributed by atoms with Crippen LogP contribution in [0, 0.1) is 0 Å². The largest absolute Gasteiger partial charge is 0.481 e. The first kappa shape index (κ1) is 15.8. The number of rotatable bonds is 5. The molecular weight excluding hydrogens is 299 g/mol. The lowest BCUT2D eigenvalue weighted by Crippen LogP contribution is -2.20. The Morgan fingerprint density at radius 3 is 2.41 bits per heavy atom. The Labute approximate surface area is 124 Å². The zero-order chi connectivity index (χ0) is 16.2. The van der Waals surface area contributed by atoms with Crippen molar-refractivity contribution in [1.82, 2.24) is 4.98 Å². The van der Waals surface area contributed by atoms with Gasteiger partial charge in [0.05, 0.1) is 0 Å². The molecule has 0 saturated carbocycles. The number of aromatic nitrogens is 1. The summed E-state index contributed by atoms with van der Waals surface area (Å²) in [5.41, 5.74) is -0.585. The van der Waals surface area contributed by atoms with Crippen LogP contribution in [0.25, 0.3) is 0 Å². The molecular formula is C15H12F3NO3. The molecule has 1 unspecified atom stereocenters. The van der Waals surface area contributed by atoms with Gasteiger partial charge in [-0.3, -0.25) is 4.79 Å². The zero-order valence-electron chi connectivity index (χ0n) is 11.2. The van der Waals surface area contributed by atoms with Gasteiger partial charge in [-0.2, -0.15) is 13.2 Å². The van der Waals surface area contributed by atoms with E-state index in [0.717, 1.165) is 12.1 Å². The fraction of sp³-hybridized carbons (Fsp3) is 0.200. The van der Waals surface area contributed by atoms with Crippen LogP contribution in [-0.2, 0) is 11.0 Å². The van der Waals surface area contributed by atoms with E-state index >= 15 is 0 Å². The molecule has 0 amide bonds. The molecule has 1 aromatic carbocycles. The van der Waals surface area contributed by atoms with Gasteiger partial charge in [-0.05, 0) is 11.6 Å². The molecule has 4 nitrogen and oxygen atoms in total. The molecule has 7 heteroatoms. The monoisotopic (exact) mass is 311 g/mol. The Balaban J connectivity index is 2.12. The van der Waals surface area contributed by atoms with Gasteiger partial charge in [0, 0.05) is 6.07 Å². The maximum atomic E-state index is 12.5. The number of aliphatic carboxylic acids is 1. The number of pyridine rings is 1. The summed E-state index contributed by atoms with van der Waals surface area (Å²) >= 11 is 0. The smallest absolute Gasteiger partial charge is 0.433 e. The van der Waals surface area contributed by atoms with E-state index in [1.165, 1.54) is 6.07 Å². The van der Waals surface area contributed by atoms with E-state index in [4.69, 9.17) is 4.74 Å². The van der Waals surface area contributed by atoms with Gasteiger partial charge in [-0.15, -0.1) is 0 Å². The molecule has 0 fully saturated rings. The molecule has 0 radical (unpaired) electrons. The Kier molecular flexibility index (Phi) is 4.65. The van der Waals surface area contributed by atoms with Crippen molar-refractivity contribution in [3.8, 4) is 5.88 Å². The Hall–Kier alpha value is -2.57. The van der Waals surface area contributed by atoms with Crippen molar-refractivity contribution in [3.63, 3.8) is 0 Å². The molecule has 0 bridgehead atoms. The van der Waals surface area contributed by atoms with Gasteiger partial charge in [0.2, 0.25) is 5.88 Å². The number of carboxylic acids is 1. The van der Waals surface area contributed by atoms with Gasteiger partial charge in [0.15, 0.2) is 0 Å². The van der Waals surface area contributed by atoms with Gasteiger partial charge in [0.25, 0.3) is 0 Å². The predicted octanol–water partition coefficient (Wildman–Crippen LogP) is 3.35. The van der Waals surface area contributed by atoms with Gasteiger partial charge in [-0.25, -0.2) is 4.98 Å². The Morgan fingerprint density at radius 2 is 1.82 bits per heavy atom. The second-order valence-corrected chi connectivity index (χ2v) is 4.47. The zero-order valence-corrected chi connectivity index (χ0v) is 11.2. The topological polar surface area (TPSA) is 59.4 Å². The molecule has 2 rings (SSSR count). The highest BCUT2D eigenvalue weighted by Crippen LogP contribution is 2.28. The van der Waals surface area contributed by atoms with E-state index in [-0.39, 0.29) is 12.5 Å². The minimum atomic E-state index is -4.58. The number of hydrogen-bond donors (Lipinski definition) is 1. The SMILES string of the molecule is O=C(O)C(COc1cccc(C(F)(F)F)n1)c1ccccc1.